The van der Waals surface area contributed by atoms with Gasteiger partial charge in [0, 0.05) is 11.9 Å². The number of nitrogens with one attached hydrogen (secondary N) is 1. The van der Waals surface area contributed by atoms with Crippen molar-refractivity contribution in [3.63, 3.8) is 0 Å². The van der Waals surface area contributed by atoms with Crippen molar-refractivity contribution in [2.24, 2.45) is 0 Å². The summed E-state index contributed by atoms with van der Waals surface area (Å²) in [6.45, 7) is 0. The molecule has 0 aliphatic carbocycles. The summed E-state index contributed by atoms with van der Waals surface area (Å²) in [5.41, 5.74) is 4.59. The largest absolute Gasteiger partial charge is 0.416 e. The lowest BCUT2D eigenvalue weighted by atomic mass is 10.2. The van der Waals surface area contributed by atoms with Gasteiger partial charge in [0.25, 0.3) is 10.0 Å². The summed E-state index contributed by atoms with van der Waals surface area (Å²) >= 11 is 0. The van der Waals surface area contributed by atoms with E-state index in [0.717, 1.165) is 24.3 Å². The molecule has 1 aromatic carbocycles. The first-order chi connectivity index (χ1) is 9.70. The first-order valence-electron chi connectivity index (χ1n) is 5.61. The molecular weight excluding hydrogens is 307 g/mol. The Balaban J connectivity index is 2.28. The Morgan fingerprint density at radius 3 is 2.24 bits per heavy atom. The highest BCUT2D eigenvalue weighted by molar-refractivity contribution is 7.92. The molecule has 0 saturated carbocycles. The molecule has 0 atom stereocenters. The van der Waals surface area contributed by atoms with Crippen LogP contribution in [0, 0.1) is 0 Å². The highest BCUT2D eigenvalue weighted by Crippen LogP contribution is 2.30. The predicted octanol–water partition coefficient (Wildman–Crippen LogP) is 2.48. The smallest absolute Gasteiger partial charge is 0.383 e. The van der Waals surface area contributed by atoms with Crippen LogP contribution in [0.1, 0.15) is 5.56 Å². The van der Waals surface area contributed by atoms with Gasteiger partial charge in [0.2, 0.25) is 0 Å². The van der Waals surface area contributed by atoms with E-state index >= 15 is 0 Å². The van der Waals surface area contributed by atoms with Crippen molar-refractivity contribution in [1.82, 2.24) is 4.98 Å². The van der Waals surface area contributed by atoms with E-state index in [2.05, 4.69) is 9.71 Å². The van der Waals surface area contributed by atoms with Crippen LogP contribution in [0.15, 0.2) is 47.5 Å². The SMILES string of the molecule is Nc1ncccc1S(=O)(=O)Nc1ccc(C(F)(F)F)cc1. The molecule has 3 N–H and O–H groups in total. The molecule has 0 aliphatic rings. The average Bonchev–Trinajstić information content (AvgIpc) is 2.38. The van der Waals surface area contributed by atoms with Crippen LogP contribution in [-0.4, -0.2) is 13.4 Å². The molecule has 21 heavy (non-hydrogen) atoms. The number of hydrogen-bond acceptors (Lipinski definition) is 4. The fourth-order valence-corrected chi connectivity index (χ4v) is 2.71. The first kappa shape index (κ1) is 15.1. The van der Waals surface area contributed by atoms with Crippen LogP contribution in [0.4, 0.5) is 24.7 Å². The second-order valence-corrected chi connectivity index (χ2v) is 5.72. The number of alkyl halides is 3. The van der Waals surface area contributed by atoms with Crippen LogP contribution >= 0.6 is 0 Å². The monoisotopic (exact) mass is 317 g/mol. The highest BCUT2D eigenvalue weighted by atomic mass is 32.2. The second-order valence-electron chi connectivity index (χ2n) is 4.07. The zero-order valence-electron chi connectivity index (χ0n) is 10.4. The third-order valence-corrected chi connectivity index (χ3v) is 3.98. The molecule has 0 saturated heterocycles. The number of hydrogen-bond donors (Lipinski definition) is 2. The van der Waals surface area contributed by atoms with Crippen molar-refractivity contribution in [3.8, 4) is 0 Å². The van der Waals surface area contributed by atoms with Crippen LogP contribution in [0.3, 0.4) is 0 Å². The maximum Gasteiger partial charge on any atom is 0.416 e. The van der Waals surface area contributed by atoms with Crippen molar-refractivity contribution in [2.45, 2.75) is 11.1 Å². The van der Waals surface area contributed by atoms with E-state index < -0.39 is 21.8 Å². The third kappa shape index (κ3) is 3.43. The molecule has 112 valence electrons. The van der Waals surface area contributed by atoms with Gasteiger partial charge >= 0.3 is 6.18 Å². The van der Waals surface area contributed by atoms with Crippen molar-refractivity contribution in [1.29, 1.82) is 0 Å². The van der Waals surface area contributed by atoms with E-state index in [-0.39, 0.29) is 16.4 Å². The van der Waals surface area contributed by atoms with Gasteiger partial charge in [-0.25, -0.2) is 13.4 Å². The van der Waals surface area contributed by atoms with E-state index in [9.17, 15) is 21.6 Å². The number of rotatable bonds is 3. The Bertz CT molecular complexity index is 743. The lowest BCUT2D eigenvalue weighted by molar-refractivity contribution is -0.137. The number of sulfonamides is 1. The number of pyridine rings is 1. The first-order valence-corrected chi connectivity index (χ1v) is 7.09. The van der Waals surface area contributed by atoms with Gasteiger partial charge in [-0.05, 0) is 36.4 Å². The summed E-state index contributed by atoms with van der Waals surface area (Å²) < 4.78 is 63.5. The quantitative estimate of drug-likeness (QED) is 0.911. The standard InChI is InChI=1S/C12H10F3N3O2S/c13-12(14,15)8-3-5-9(6-4-8)18-21(19,20)10-2-1-7-17-11(10)16/h1-7,18H,(H2,16,17). The van der Waals surface area contributed by atoms with Gasteiger partial charge < -0.3 is 5.73 Å². The summed E-state index contributed by atoms with van der Waals surface area (Å²) in [5.74, 6) is -0.197. The van der Waals surface area contributed by atoms with E-state index in [1.54, 1.807) is 0 Å². The number of aromatic nitrogens is 1. The van der Waals surface area contributed by atoms with Gasteiger partial charge in [0.15, 0.2) is 0 Å². The molecule has 0 radical (unpaired) electrons. The maximum absolute atomic E-state index is 12.4. The Morgan fingerprint density at radius 1 is 1.10 bits per heavy atom. The van der Waals surface area contributed by atoms with Crippen LogP contribution in [0.5, 0.6) is 0 Å². The minimum atomic E-state index is -4.48. The van der Waals surface area contributed by atoms with Crippen LogP contribution < -0.4 is 10.5 Å². The summed E-state index contributed by atoms with van der Waals surface area (Å²) in [4.78, 5) is 3.40. The number of benzene rings is 1. The summed E-state index contributed by atoms with van der Waals surface area (Å²) in [5, 5.41) is 0. The van der Waals surface area contributed by atoms with Gasteiger partial charge in [0.05, 0.1) is 5.56 Å². The molecule has 0 spiro atoms. The van der Waals surface area contributed by atoms with Gasteiger partial charge in [-0.3, -0.25) is 4.72 Å². The topological polar surface area (TPSA) is 85.1 Å². The minimum Gasteiger partial charge on any atom is -0.383 e. The van der Waals surface area contributed by atoms with Gasteiger partial charge in [-0.2, -0.15) is 13.2 Å². The Labute approximate surface area is 118 Å². The van der Waals surface area contributed by atoms with Crippen LogP contribution in [-0.2, 0) is 16.2 Å². The third-order valence-electron chi connectivity index (χ3n) is 2.55. The zero-order chi connectivity index (χ0) is 15.7. The van der Waals surface area contributed by atoms with Crippen LogP contribution in [0.25, 0.3) is 0 Å². The fourth-order valence-electron chi connectivity index (χ4n) is 1.57. The molecule has 1 aromatic heterocycles. The molecule has 9 heteroatoms. The number of anilines is 2. The van der Waals surface area contributed by atoms with Crippen molar-refractivity contribution >= 4 is 21.5 Å². The van der Waals surface area contributed by atoms with E-state index in [1.165, 1.54) is 18.3 Å². The lowest BCUT2D eigenvalue weighted by Crippen LogP contribution is -2.15. The lowest BCUT2D eigenvalue weighted by Gasteiger charge is -2.11. The Hall–Kier alpha value is -2.29. The number of nitrogens with two attached hydrogens (primary N) is 1. The molecule has 1 heterocycles. The predicted molar refractivity (Wildman–Crippen MR) is 70.9 cm³/mol. The van der Waals surface area contributed by atoms with Gasteiger partial charge in [-0.1, -0.05) is 0 Å². The summed E-state index contributed by atoms with van der Waals surface area (Å²) in [7, 11) is -4.01. The Kier molecular flexibility index (Phi) is 3.77. The maximum atomic E-state index is 12.4. The van der Waals surface area contributed by atoms with E-state index in [4.69, 9.17) is 5.73 Å². The molecule has 0 fully saturated rings. The molecule has 0 aliphatic heterocycles. The second kappa shape index (κ2) is 5.24. The highest BCUT2D eigenvalue weighted by Gasteiger charge is 2.30. The molecule has 5 nitrogen and oxygen atoms in total. The normalized spacial score (nSPS) is 12.1. The Morgan fingerprint density at radius 2 is 1.71 bits per heavy atom. The van der Waals surface area contributed by atoms with Gasteiger partial charge in [0.1, 0.15) is 10.7 Å². The molecular formula is C12H10F3N3O2S. The average molecular weight is 317 g/mol. The molecule has 2 rings (SSSR count). The minimum absolute atomic E-state index is 0.00810. The molecule has 2 aromatic rings. The fraction of sp³-hybridized carbons (Fsp3) is 0.0833. The van der Waals surface area contributed by atoms with Crippen molar-refractivity contribution < 1.29 is 21.6 Å². The van der Waals surface area contributed by atoms with Crippen molar-refractivity contribution in [3.05, 3.63) is 48.2 Å². The molecule has 0 unspecified atom stereocenters. The number of nitrogens with zero attached hydrogens (tertiary/aromatic N) is 1. The van der Waals surface area contributed by atoms with E-state index in [1.807, 2.05) is 0 Å². The number of nitrogen functional groups attached to an aromatic ring is 1. The molecule has 0 amide bonds. The summed E-state index contributed by atoms with van der Waals surface area (Å²) in [6, 6.07) is 6.24. The van der Waals surface area contributed by atoms with E-state index in [0.29, 0.717) is 0 Å². The van der Waals surface area contributed by atoms with Gasteiger partial charge in [-0.15, -0.1) is 0 Å². The summed E-state index contributed by atoms with van der Waals surface area (Å²) in [6.07, 6.45) is -3.16. The van der Waals surface area contributed by atoms with Crippen molar-refractivity contribution in [2.75, 3.05) is 10.5 Å². The molecule has 0 bridgehead atoms. The zero-order valence-corrected chi connectivity index (χ0v) is 11.2. The van der Waals surface area contributed by atoms with Crippen LogP contribution in [0.2, 0.25) is 0 Å². The number of halogens is 3.